The van der Waals surface area contributed by atoms with Crippen LogP contribution in [-0.4, -0.2) is 36.8 Å². The average Bonchev–Trinajstić information content (AvgIpc) is 2.85. The highest BCUT2D eigenvalue weighted by Crippen LogP contribution is 2.30. The van der Waals surface area contributed by atoms with E-state index < -0.39 is 6.10 Å². The molecule has 3 rings (SSSR count). The molecule has 0 spiro atoms. The Morgan fingerprint density at radius 1 is 1.47 bits per heavy atom. The highest BCUT2D eigenvalue weighted by Gasteiger charge is 2.32. The fourth-order valence-electron chi connectivity index (χ4n) is 2.05. The summed E-state index contributed by atoms with van der Waals surface area (Å²) in [6.07, 6.45) is 2.64. The maximum Gasteiger partial charge on any atom is 0.167 e. The fourth-order valence-corrected chi connectivity index (χ4v) is 2.05. The maximum atomic E-state index is 9.68. The summed E-state index contributed by atoms with van der Waals surface area (Å²) in [7, 11) is 0. The summed E-state index contributed by atoms with van der Waals surface area (Å²) < 4.78 is 7.42. The Morgan fingerprint density at radius 2 is 2.29 bits per heavy atom. The second-order valence-corrected chi connectivity index (χ2v) is 4.18. The SMILES string of the molecule is C[C@@H]1O[C@H](n2cnc3c(N)ncnc32)C[C@@H]1O. The molecular formula is C10H13N5O2. The van der Waals surface area contributed by atoms with Gasteiger partial charge in [-0.2, -0.15) is 0 Å². The number of aromatic nitrogens is 4. The number of nitrogen functional groups attached to an aromatic ring is 1. The molecule has 3 atom stereocenters. The number of anilines is 1. The number of rotatable bonds is 1. The van der Waals surface area contributed by atoms with Gasteiger partial charge in [0.15, 0.2) is 11.5 Å². The van der Waals surface area contributed by atoms with E-state index in [0.717, 1.165) is 0 Å². The Kier molecular flexibility index (Phi) is 2.23. The molecule has 3 heterocycles. The fraction of sp³-hybridized carbons (Fsp3) is 0.500. The van der Waals surface area contributed by atoms with Gasteiger partial charge in [-0.1, -0.05) is 0 Å². The van der Waals surface area contributed by atoms with Crippen LogP contribution in [0.1, 0.15) is 19.6 Å². The third kappa shape index (κ3) is 1.55. The van der Waals surface area contributed by atoms with Crippen LogP contribution in [0.4, 0.5) is 5.82 Å². The first-order chi connectivity index (χ1) is 8.16. The van der Waals surface area contributed by atoms with Crippen LogP contribution in [0.25, 0.3) is 11.2 Å². The van der Waals surface area contributed by atoms with Crippen molar-refractivity contribution in [1.29, 1.82) is 0 Å². The number of hydrogen-bond donors (Lipinski definition) is 2. The average molecular weight is 235 g/mol. The molecule has 0 radical (unpaired) electrons. The lowest BCUT2D eigenvalue weighted by Crippen LogP contribution is -2.15. The molecular weight excluding hydrogens is 222 g/mol. The number of nitrogens with zero attached hydrogens (tertiary/aromatic N) is 4. The molecule has 90 valence electrons. The molecule has 17 heavy (non-hydrogen) atoms. The zero-order valence-electron chi connectivity index (χ0n) is 9.32. The molecule has 3 N–H and O–H groups in total. The van der Waals surface area contributed by atoms with Gasteiger partial charge in [0.2, 0.25) is 0 Å². The molecule has 0 unspecified atom stereocenters. The van der Waals surface area contributed by atoms with Crippen molar-refractivity contribution >= 4 is 17.0 Å². The summed E-state index contributed by atoms with van der Waals surface area (Å²) in [5.41, 5.74) is 6.89. The molecule has 1 aliphatic heterocycles. The van der Waals surface area contributed by atoms with E-state index in [2.05, 4.69) is 15.0 Å². The summed E-state index contributed by atoms with van der Waals surface area (Å²) in [5, 5.41) is 9.68. The molecule has 2 aromatic rings. The number of ether oxygens (including phenoxy) is 1. The molecule has 0 amide bonds. The minimum absolute atomic E-state index is 0.184. The van der Waals surface area contributed by atoms with Gasteiger partial charge < -0.3 is 15.6 Å². The Hall–Kier alpha value is -1.73. The first-order valence-corrected chi connectivity index (χ1v) is 5.43. The first-order valence-electron chi connectivity index (χ1n) is 5.43. The molecule has 0 aromatic carbocycles. The number of nitrogens with two attached hydrogens (primary N) is 1. The minimum atomic E-state index is -0.461. The van der Waals surface area contributed by atoms with Gasteiger partial charge in [-0.25, -0.2) is 15.0 Å². The van der Waals surface area contributed by atoms with E-state index in [0.29, 0.717) is 23.4 Å². The lowest BCUT2D eigenvalue weighted by Gasteiger charge is -2.12. The summed E-state index contributed by atoms with van der Waals surface area (Å²) >= 11 is 0. The summed E-state index contributed by atoms with van der Waals surface area (Å²) in [6.45, 7) is 1.84. The standard InChI is InChI=1S/C10H13N5O2/c1-5-6(16)2-7(17-5)15-4-14-8-9(11)12-3-13-10(8)15/h3-7,16H,2H2,1H3,(H2,11,12,13)/t5-,6-,7-/m0/s1. The van der Waals surface area contributed by atoms with Gasteiger partial charge in [-0.15, -0.1) is 0 Å². The van der Waals surface area contributed by atoms with Crippen molar-refractivity contribution in [2.75, 3.05) is 5.73 Å². The third-order valence-corrected chi connectivity index (χ3v) is 3.05. The predicted molar refractivity (Wildman–Crippen MR) is 59.9 cm³/mol. The van der Waals surface area contributed by atoms with Crippen molar-refractivity contribution in [2.45, 2.75) is 31.8 Å². The van der Waals surface area contributed by atoms with E-state index in [9.17, 15) is 5.11 Å². The van der Waals surface area contributed by atoms with Crippen molar-refractivity contribution in [3.63, 3.8) is 0 Å². The van der Waals surface area contributed by atoms with Crippen molar-refractivity contribution in [3.8, 4) is 0 Å². The van der Waals surface area contributed by atoms with E-state index in [1.807, 2.05) is 6.92 Å². The number of fused-ring (bicyclic) bond motifs is 1. The van der Waals surface area contributed by atoms with Crippen LogP contribution in [0.5, 0.6) is 0 Å². The zero-order valence-corrected chi connectivity index (χ0v) is 9.32. The lowest BCUT2D eigenvalue weighted by molar-refractivity contribution is -0.00632. The van der Waals surface area contributed by atoms with Crippen molar-refractivity contribution < 1.29 is 9.84 Å². The van der Waals surface area contributed by atoms with E-state index >= 15 is 0 Å². The Morgan fingerprint density at radius 3 is 3.00 bits per heavy atom. The Bertz CT molecular complexity index is 545. The van der Waals surface area contributed by atoms with Crippen molar-refractivity contribution in [3.05, 3.63) is 12.7 Å². The molecule has 2 aromatic heterocycles. The zero-order chi connectivity index (χ0) is 12.0. The molecule has 1 fully saturated rings. The maximum absolute atomic E-state index is 9.68. The smallest absolute Gasteiger partial charge is 0.167 e. The third-order valence-electron chi connectivity index (χ3n) is 3.05. The highest BCUT2D eigenvalue weighted by atomic mass is 16.5. The van der Waals surface area contributed by atoms with Crippen LogP contribution in [-0.2, 0) is 4.74 Å². The Balaban J connectivity index is 2.04. The van der Waals surface area contributed by atoms with Crippen LogP contribution >= 0.6 is 0 Å². The number of hydrogen-bond acceptors (Lipinski definition) is 6. The molecule has 0 bridgehead atoms. The van der Waals surface area contributed by atoms with Gasteiger partial charge in [0.1, 0.15) is 18.1 Å². The first kappa shape index (κ1) is 10.4. The molecule has 7 heteroatoms. The summed E-state index contributed by atoms with van der Waals surface area (Å²) in [6, 6.07) is 0. The van der Waals surface area contributed by atoms with Crippen LogP contribution in [0, 0.1) is 0 Å². The monoisotopic (exact) mass is 235 g/mol. The highest BCUT2D eigenvalue weighted by molar-refractivity contribution is 5.81. The van der Waals surface area contributed by atoms with Gasteiger partial charge in [0.25, 0.3) is 0 Å². The van der Waals surface area contributed by atoms with E-state index in [-0.39, 0.29) is 12.3 Å². The van der Waals surface area contributed by atoms with E-state index in [1.165, 1.54) is 6.33 Å². The van der Waals surface area contributed by atoms with Crippen molar-refractivity contribution in [1.82, 2.24) is 19.5 Å². The van der Waals surface area contributed by atoms with Gasteiger partial charge in [0, 0.05) is 6.42 Å². The molecule has 0 aliphatic carbocycles. The van der Waals surface area contributed by atoms with Gasteiger partial charge in [0.05, 0.1) is 18.5 Å². The van der Waals surface area contributed by atoms with E-state index in [1.54, 1.807) is 10.9 Å². The largest absolute Gasteiger partial charge is 0.390 e. The topological polar surface area (TPSA) is 99.1 Å². The van der Waals surface area contributed by atoms with Crippen LogP contribution in [0.3, 0.4) is 0 Å². The van der Waals surface area contributed by atoms with Crippen LogP contribution in [0.2, 0.25) is 0 Å². The summed E-state index contributed by atoms with van der Waals surface area (Å²) in [5.74, 6) is 0.348. The molecule has 0 saturated carbocycles. The number of imidazole rings is 1. The molecule has 1 saturated heterocycles. The lowest BCUT2D eigenvalue weighted by atomic mass is 10.2. The Labute approximate surface area is 97.3 Å². The van der Waals surface area contributed by atoms with Gasteiger partial charge in [-0.05, 0) is 6.92 Å². The normalized spacial score (nSPS) is 28.9. The number of aliphatic hydroxyl groups is 1. The van der Waals surface area contributed by atoms with Crippen molar-refractivity contribution in [2.24, 2.45) is 0 Å². The van der Waals surface area contributed by atoms with Gasteiger partial charge >= 0.3 is 0 Å². The van der Waals surface area contributed by atoms with Gasteiger partial charge in [-0.3, -0.25) is 4.57 Å². The predicted octanol–water partition coefficient (Wildman–Crippen LogP) is 0.0768. The molecule has 1 aliphatic rings. The van der Waals surface area contributed by atoms with Crippen LogP contribution < -0.4 is 5.73 Å². The second-order valence-electron chi connectivity index (χ2n) is 4.18. The summed E-state index contributed by atoms with van der Waals surface area (Å²) in [4.78, 5) is 12.2. The minimum Gasteiger partial charge on any atom is -0.390 e. The second kappa shape index (κ2) is 3.64. The quantitative estimate of drug-likeness (QED) is 0.726. The van der Waals surface area contributed by atoms with Crippen LogP contribution in [0.15, 0.2) is 12.7 Å². The number of aliphatic hydroxyl groups excluding tert-OH is 1. The molecule has 7 nitrogen and oxygen atoms in total. The van der Waals surface area contributed by atoms with E-state index in [4.69, 9.17) is 10.5 Å².